The molecule has 0 saturated heterocycles. The van der Waals surface area contributed by atoms with Gasteiger partial charge in [-0.05, 0) is 17.5 Å². The lowest BCUT2D eigenvalue weighted by atomic mass is 10.1. The minimum absolute atomic E-state index is 0.243. The van der Waals surface area contributed by atoms with E-state index < -0.39 is 5.97 Å². The summed E-state index contributed by atoms with van der Waals surface area (Å²) >= 11 is 0. The maximum Gasteiger partial charge on any atom is 0.356 e. The van der Waals surface area contributed by atoms with Crippen LogP contribution in [0.15, 0.2) is 30.3 Å². The van der Waals surface area contributed by atoms with Gasteiger partial charge in [-0.25, -0.2) is 9.78 Å². The molecule has 1 aromatic heterocycles. The first-order valence-corrected chi connectivity index (χ1v) is 6.36. The SMILES string of the molecule is COCCCOc1nc(C(=O)OC)cc2ccccc12. The second kappa shape index (κ2) is 6.86. The molecule has 0 aliphatic carbocycles. The lowest BCUT2D eigenvalue weighted by molar-refractivity contribution is 0.0593. The molecule has 0 bridgehead atoms. The van der Waals surface area contributed by atoms with Crippen molar-refractivity contribution in [3.63, 3.8) is 0 Å². The molecule has 0 unspecified atom stereocenters. The van der Waals surface area contributed by atoms with Gasteiger partial charge in [-0.2, -0.15) is 0 Å². The first-order chi connectivity index (χ1) is 9.76. The average Bonchev–Trinajstić information content (AvgIpc) is 2.50. The molecule has 5 nitrogen and oxygen atoms in total. The minimum Gasteiger partial charge on any atom is -0.477 e. The van der Waals surface area contributed by atoms with Crippen LogP contribution in [-0.2, 0) is 9.47 Å². The molecule has 0 N–H and O–H groups in total. The number of fused-ring (bicyclic) bond motifs is 1. The zero-order valence-electron chi connectivity index (χ0n) is 11.6. The molecular weight excluding hydrogens is 258 g/mol. The summed E-state index contributed by atoms with van der Waals surface area (Å²) in [6, 6.07) is 9.33. The van der Waals surface area contributed by atoms with E-state index in [2.05, 4.69) is 4.98 Å². The van der Waals surface area contributed by atoms with Gasteiger partial charge in [0, 0.05) is 25.5 Å². The fraction of sp³-hybridized carbons (Fsp3) is 0.333. The second-order valence-corrected chi connectivity index (χ2v) is 4.22. The van der Waals surface area contributed by atoms with E-state index in [4.69, 9.17) is 14.2 Å². The van der Waals surface area contributed by atoms with E-state index >= 15 is 0 Å². The third-order valence-electron chi connectivity index (χ3n) is 2.83. The molecule has 0 aliphatic heterocycles. The number of pyridine rings is 1. The topological polar surface area (TPSA) is 57.7 Å². The van der Waals surface area contributed by atoms with E-state index in [1.807, 2.05) is 24.3 Å². The first-order valence-electron chi connectivity index (χ1n) is 6.36. The molecule has 0 spiro atoms. The van der Waals surface area contributed by atoms with Crippen molar-refractivity contribution in [2.75, 3.05) is 27.4 Å². The highest BCUT2D eigenvalue weighted by Crippen LogP contribution is 2.24. The molecule has 106 valence electrons. The molecule has 0 aliphatic rings. The number of methoxy groups -OCH3 is 2. The second-order valence-electron chi connectivity index (χ2n) is 4.22. The van der Waals surface area contributed by atoms with E-state index in [9.17, 15) is 4.79 Å². The van der Waals surface area contributed by atoms with Gasteiger partial charge in [0.1, 0.15) is 0 Å². The summed E-state index contributed by atoms with van der Waals surface area (Å²) in [4.78, 5) is 15.9. The number of carbonyl (C=O) groups excluding carboxylic acids is 1. The number of hydrogen-bond donors (Lipinski definition) is 0. The molecule has 0 saturated carbocycles. The van der Waals surface area contributed by atoms with E-state index in [0.29, 0.717) is 19.1 Å². The van der Waals surface area contributed by atoms with Crippen LogP contribution < -0.4 is 4.74 Å². The van der Waals surface area contributed by atoms with Crippen LogP contribution in [0.4, 0.5) is 0 Å². The zero-order valence-corrected chi connectivity index (χ0v) is 11.6. The smallest absolute Gasteiger partial charge is 0.356 e. The summed E-state index contributed by atoms with van der Waals surface area (Å²) in [7, 11) is 2.98. The number of hydrogen-bond acceptors (Lipinski definition) is 5. The van der Waals surface area contributed by atoms with E-state index in [1.165, 1.54) is 7.11 Å². The monoisotopic (exact) mass is 275 g/mol. The van der Waals surface area contributed by atoms with Crippen LogP contribution >= 0.6 is 0 Å². The van der Waals surface area contributed by atoms with E-state index in [1.54, 1.807) is 13.2 Å². The summed E-state index contributed by atoms with van der Waals surface area (Å²) in [5, 5.41) is 1.77. The molecule has 2 rings (SSSR count). The molecule has 0 fully saturated rings. The Morgan fingerprint density at radius 1 is 1.20 bits per heavy atom. The third-order valence-corrected chi connectivity index (χ3v) is 2.83. The van der Waals surface area contributed by atoms with Crippen molar-refractivity contribution in [3.8, 4) is 5.88 Å². The van der Waals surface area contributed by atoms with Crippen LogP contribution in [0.5, 0.6) is 5.88 Å². The molecule has 2 aromatic rings. The fourth-order valence-corrected chi connectivity index (χ4v) is 1.86. The number of ether oxygens (including phenoxy) is 3. The summed E-state index contributed by atoms with van der Waals surface area (Å²) in [6.45, 7) is 1.10. The van der Waals surface area contributed by atoms with Crippen molar-refractivity contribution in [3.05, 3.63) is 36.0 Å². The Bertz CT molecular complexity index is 597. The van der Waals surface area contributed by atoms with Crippen LogP contribution in [0.25, 0.3) is 10.8 Å². The maximum absolute atomic E-state index is 11.6. The van der Waals surface area contributed by atoms with Crippen LogP contribution in [-0.4, -0.2) is 38.4 Å². The highest BCUT2D eigenvalue weighted by molar-refractivity contribution is 5.95. The Labute approximate surface area is 117 Å². The Hall–Kier alpha value is -2.14. The summed E-state index contributed by atoms with van der Waals surface area (Å²) in [6.07, 6.45) is 0.759. The van der Waals surface area contributed by atoms with Crippen molar-refractivity contribution >= 4 is 16.7 Å². The van der Waals surface area contributed by atoms with E-state index in [0.717, 1.165) is 17.2 Å². The van der Waals surface area contributed by atoms with Gasteiger partial charge < -0.3 is 14.2 Å². The van der Waals surface area contributed by atoms with Gasteiger partial charge in [-0.15, -0.1) is 0 Å². The first kappa shape index (κ1) is 14.3. The van der Waals surface area contributed by atoms with Crippen molar-refractivity contribution in [1.29, 1.82) is 0 Å². The van der Waals surface area contributed by atoms with Crippen LogP contribution in [0.1, 0.15) is 16.9 Å². The van der Waals surface area contributed by atoms with Crippen molar-refractivity contribution < 1.29 is 19.0 Å². The van der Waals surface area contributed by atoms with E-state index in [-0.39, 0.29) is 5.69 Å². The molecule has 5 heteroatoms. The standard InChI is InChI=1S/C15H17NO4/c1-18-8-5-9-20-14-12-7-4-3-6-11(12)10-13(16-14)15(17)19-2/h3-4,6-7,10H,5,8-9H2,1-2H3. The predicted molar refractivity (Wildman–Crippen MR) is 75.1 cm³/mol. The number of rotatable bonds is 6. The molecule has 0 atom stereocenters. The summed E-state index contributed by atoms with van der Waals surface area (Å²) < 4.78 is 15.3. The largest absolute Gasteiger partial charge is 0.477 e. The van der Waals surface area contributed by atoms with Gasteiger partial charge in [-0.1, -0.05) is 18.2 Å². The number of benzene rings is 1. The Morgan fingerprint density at radius 2 is 2.00 bits per heavy atom. The fourth-order valence-electron chi connectivity index (χ4n) is 1.86. The minimum atomic E-state index is -0.475. The number of nitrogens with zero attached hydrogens (tertiary/aromatic N) is 1. The molecular formula is C15H17NO4. The lowest BCUT2D eigenvalue weighted by Gasteiger charge is -2.10. The molecule has 0 amide bonds. The lowest BCUT2D eigenvalue weighted by Crippen LogP contribution is -2.08. The average molecular weight is 275 g/mol. The van der Waals surface area contributed by atoms with Gasteiger partial charge in [0.25, 0.3) is 0 Å². The Balaban J connectivity index is 2.31. The van der Waals surface area contributed by atoms with Crippen LogP contribution in [0.3, 0.4) is 0 Å². The highest BCUT2D eigenvalue weighted by atomic mass is 16.5. The Morgan fingerprint density at radius 3 is 2.75 bits per heavy atom. The predicted octanol–water partition coefficient (Wildman–Crippen LogP) is 2.44. The van der Waals surface area contributed by atoms with Crippen molar-refractivity contribution in [2.45, 2.75) is 6.42 Å². The van der Waals surface area contributed by atoms with Gasteiger partial charge in [-0.3, -0.25) is 0 Å². The molecule has 0 radical (unpaired) electrons. The number of esters is 1. The maximum atomic E-state index is 11.6. The van der Waals surface area contributed by atoms with Gasteiger partial charge in [0.2, 0.25) is 5.88 Å². The summed E-state index contributed by atoms with van der Waals surface area (Å²) in [5.41, 5.74) is 0.243. The van der Waals surface area contributed by atoms with Crippen LogP contribution in [0.2, 0.25) is 0 Å². The number of aromatic nitrogens is 1. The van der Waals surface area contributed by atoms with Gasteiger partial charge >= 0.3 is 5.97 Å². The van der Waals surface area contributed by atoms with Gasteiger partial charge in [0.15, 0.2) is 5.69 Å². The molecule has 1 heterocycles. The molecule has 20 heavy (non-hydrogen) atoms. The highest BCUT2D eigenvalue weighted by Gasteiger charge is 2.13. The third kappa shape index (κ3) is 3.24. The zero-order chi connectivity index (χ0) is 14.4. The summed E-state index contributed by atoms with van der Waals surface area (Å²) in [5.74, 6) is -0.0305. The van der Waals surface area contributed by atoms with Crippen molar-refractivity contribution in [1.82, 2.24) is 4.98 Å². The molecule has 1 aromatic carbocycles. The van der Waals surface area contributed by atoms with Gasteiger partial charge in [0.05, 0.1) is 13.7 Å². The normalized spacial score (nSPS) is 10.5. The Kier molecular flexibility index (Phi) is 4.90. The van der Waals surface area contributed by atoms with Crippen LogP contribution in [0, 0.1) is 0 Å². The number of carbonyl (C=O) groups is 1. The van der Waals surface area contributed by atoms with Crippen molar-refractivity contribution in [2.24, 2.45) is 0 Å². The quantitative estimate of drug-likeness (QED) is 0.598.